The molecule has 2 N–H and O–H groups in total. The molecule has 0 aromatic heterocycles. The van der Waals surface area contributed by atoms with Gasteiger partial charge >= 0.3 is 5.97 Å². The zero-order chi connectivity index (χ0) is 23.6. The number of aryl methyl sites for hydroxylation is 1. The summed E-state index contributed by atoms with van der Waals surface area (Å²) < 4.78 is 29.8. The summed E-state index contributed by atoms with van der Waals surface area (Å²) >= 11 is 1.62. The summed E-state index contributed by atoms with van der Waals surface area (Å²) in [7, 11) is -3.44. The largest absolute Gasteiger partial charge is 0.482 e. The molecule has 2 rings (SSSR count). The second-order valence-corrected chi connectivity index (χ2v) is 10.4. The predicted molar refractivity (Wildman–Crippen MR) is 123 cm³/mol. The number of hydrogen-bond donors (Lipinski definition) is 2. The number of carbonyl (C=O) groups is 1. The Bertz CT molecular complexity index is 1040. The summed E-state index contributed by atoms with van der Waals surface area (Å²) in [6.07, 6.45) is 0.419. The fourth-order valence-corrected chi connectivity index (χ4v) is 5.27. The van der Waals surface area contributed by atoms with E-state index in [0.717, 1.165) is 16.2 Å². The van der Waals surface area contributed by atoms with Gasteiger partial charge in [0, 0.05) is 28.8 Å². The molecule has 0 aliphatic heterocycles. The van der Waals surface area contributed by atoms with Crippen LogP contribution in [0.15, 0.2) is 47.4 Å². The van der Waals surface area contributed by atoms with Crippen molar-refractivity contribution in [2.24, 2.45) is 0 Å². The van der Waals surface area contributed by atoms with Gasteiger partial charge in [-0.15, -0.1) is 11.8 Å². The third-order valence-corrected chi connectivity index (χ3v) is 7.07. The summed E-state index contributed by atoms with van der Waals surface area (Å²) in [6.45, 7) is 2.68. The van der Waals surface area contributed by atoms with Crippen molar-refractivity contribution in [2.75, 3.05) is 31.2 Å². The van der Waals surface area contributed by atoms with E-state index < -0.39 is 20.7 Å². The van der Waals surface area contributed by atoms with E-state index in [1.165, 1.54) is 18.2 Å². The number of carboxylic acids is 1. The fourth-order valence-electron chi connectivity index (χ4n) is 2.92. The van der Waals surface area contributed by atoms with Crippen molar-refractivity contribution in [3.8, 4) is 5.75 Å². The molecule has 0 unspecified atom stereocenters. The molecule has 0 amide bonds. The Labute approximate surface area is 191 Å². The number of thioether (sulfide) groups is 1. The number of aliphatic carboxylic acids is 1. The van der Waals surface area contributed by atoms with Crippen LogP contribution < -0.4 is 10.1 Å². The van der Waals surface area contributed by atoms with E-state index in [2.05, 4.69) is 5.32 Å². The minimum Gasteiger partial charge on any atom is -0.482 e. The number of nitro groups is 1. The van der Waals surface area contributed by atoms with Crippen LogP contribution in [0.3, 0.4) is 0 Å². The van der Waals surface area contributed by atoms with Crippen LogP contribution in [0.25, 0.3) is 0 Å². The van der Waals surface area contributed by atoms with Crippen LogP contribution in [0.1, 0.15) is 17.5 Å². The molecule has 0 aliphatic carbocycles. The summed E-state index contributed by atoms with van der Waals surface area (Å²) in [5.74, 6) is -0.0977. The van der Waals surface area contributed by atoms with Crippen molar-refractivity contribution in [3.05, 3.63) is 63.7 Å². The minimum atomic E-state index is -3.44. The Morgan fingerprint density at radius 2 is 1.97 bits per heavy atom. The molecule has 0 heterocycles. The molecule has 0 radical (unpaired) electrons. The van der Waals surface area contributed by atoms with Gasteiger partial charge in [-0.25, -0.2) is 13.2 Å². The van der Waals surface area contributed by atoms with Gasteiger partial charge in [-0.1, -0.05) is 18.2 Å². The standard InChI is InChI=1S/C21H26N2O7S2/c1-16-13-18(7-8-20(16)30-14-21(24)25)31-11-10-22-9-4-12-32(28,29)15-17-5-2-3-6-19(17)23(26)27/h2-3,5-8,13,22H,4,9-12,14-15H2,1H3,(H,24,25). The highest BCUT2D eigenvalue weighted by molar-refractivity contribution is 7.99. The van der Waals surface area contributed by atoms with Gasteiger partial charge in [-0.3, -0.25) is 10.1 Å². The lowest BCUT2D eigenvalue weighted by Crippen LogP contribution is -2.21. The first-order valence-corrected chi connectivity index (χ1v) is 12.7. The average molecular weight is 483 g/mol. The van der Waals surface area contributed by atoms with Crippen LogP contribution in [-0.2, 0) is 20.4 Å². The molecule has 0 saturated carbocycles. The lowest BCUT2D eigenvalue weighted by atomic mass is 10.2. The first-order valence-electron chi connectivity index (χ1n) is 9.89. The van der Waals surface area contributed by atoms with Crippen molar-refractivity contribution in [1.82, 2.24) is 5.32 Å². The Hall–Kier alpha value is -2.63. The minimum absolute atomic E-state index is 0.0454. The second kappa shape index (κ2) is 12.4. The number of hydrogen-bond acceptors (Lipinski definition) is 8. The van der Waals surface area contributed by atoms with Crippen LogP contribution in [0.5, 0.6) is 5.75 Å². The van der Waals surface area contributed by atoms with Gasteiger partial charge in [0.2, 0.25) is 0 Å². The van der Waals surface area contributed by atoms with E-state index >= 15 is 0 Å². The first kappa shape index (κ1) is 25.6. The molecule has 0 bridgehead atoms. The number of rotatable bonds is 14. The molecular formula is C21H26N2O7S2. The van der Waals surface area contributed by atoms with E-state index in [-0.39, 0.29) is 29.4 Å². The number of nitrogens with zero attached hydrogens (tertiary/aromatic N) is 1. The molecule has 0 spiro atoms. The molecular weight excluding hydrogens is 456 g/mol. The van der Waals surface area contributed by atoms with Crippen LogP contribution in [0, 0.1) is 17.0 Å². The molecule has 32 heavy (non-hydrogen) atoms. The molecule has 9 nitrogen and oxygen atoms in total. The van der Waals surface area contributed by atoms with Gasteiger partial charge in [0.25, 0.3) is 5.69 Å². The maximum atomic E-state index is 12.3. The van der Waals surface area contributed by atoms with Gasteiger partial charge in [0.15, 0.2) is 16.4 Å². The van der Waals surface area contributed by atoms with Crippen LogP contribution in [0.2, 0.25) is 0 Å². The summed E-state index contributed by atoms with van der Waals surface area (Å²) in [5, 5.41) is 22.9. The average Bonchev–Trinajstić information content (AvgIpc) is 2.72. The van der Waals surface area contributed by atoms with Crippen molar-refractivity contribution < 1.29 is 28.0 Å². The van der Waals surface area contributed by atoms with Crippen LogP contribution in [-0.4, -0.2) is 55.6 Å². The molecule has 0 atom stereocenters. The van der Waals surface area contributed by atoms with Gasteiger partial charge in [0.05, 0.1) is 16.4 Å². The summed E-state index contributed by atoms with van der Waals surface area (Å²) in [4.78, 5) is 22.1. The van der Waals surface area contributed by atoms with Crippen LogP contribution in [0.4, 0.5) is 5.69 Å². The maximum Gasteiger partial charge on any atom is 0.341 e. The van der Waals surface area contributed by atoms with Gasteiger partial charge in [-0.2, -0.15) is 0 Å². The molecule has 11 heteroatoms. The van der Waals surface area contributed by atoms with Crippen molar-refractivity contribution in [3.63, 3.8) is 0 Å². The molecule has 2 aromatic rings. The highest BCUT2D eigenvalue weighted by atomic mass is 32.2. The lowest BCUT2D eigenvalue weighted by molar-refractivity contribution is -0.385. The molecule has 174 valence electrons. The smallest absolute Gasteiger partial charge is 0.341 e. The summed E-state index contributed by atoms with van der Waals surface area (Å²) in [5.41, 5.74) is 0.882. The number of para-hydroxylation sites is 1. The number of nitro benzene ring substituents is 1. The third-order valence-electron chi connectivity index (χ3n) is 4.42. The van der Waals surface area contributed by atoms with Gasteiger partial charge in [0.1, 0.15) is 5.75 Å². The van der Waals surface area contributed by atoms with Gasteiger partial charge < -0.3 is 15.2 Å². The zero-order valence-corrected chi connectivity index (χ0v) is 19.3. The quantitative estimate of drug-likeness (QED) is 0.180. The normalized spacial score (nSPS) is 11.3. The van der Waals surface area contributed by atoms with Crippen molar-refractivity contribution >= 4 is 33.3 Å². The lowest BCUT2D eigenvalue weighted by Gasteiger charge is -2.09. The Balaban J connectivity index is 1.67. The van der Waals surface area contributed by atoms with Gasteiger partial charge in [-0.05, 0) is 43.7 Å². The second-order valence-electron chi connectivity index (χ2n) is 7.04. The van der Waals surface area contributed by atoms with Crippen molar-refractivity contribution in [1.29, 1.82) is 0 Å². The molecule has 2 aromatic carbocycles. The molecule has 0 saturated heterocycles. The SMILES string of the molecule is Cc1cc(SCCNCCCS(=O)(=O)Cc2ccccc2[N+](=O)[O-])ccc1OCC(=O)O. The first-order chi connectivity index (χ1) is 15.2. The maximum absolute atomic E-state index is 12.3. The van der Waals surface area contributed by atoms with E-state index in [1.54, 1.807) is 23.9 Å². The molecule has 0 aliphatic rings. The predicted octanol–water partition coefficient (Wildman–Crippen LogP) is 3.05. The Morgan fingerprint density at radius 1 is 1.22 bits per heavy atom. The zero-order valence-electron chi connectivity index (χ0n) is 17.7. The topological polar surface area (TPSA) is 136 Å². The highest BCUT2D eigenvalue weighted by Crippen LogP contribution is 2.25. The highest BCUT2D eigenvalue weighted by Gasteiger charge is 2.19. The Morgan fingerprint density at radius 3 is 2.66 bits per heavy atom. The number of nitrogens with one attached hydrogen (secondary N) is 1. The number of benzene rings is 2. The van der Waals surface area contributed by atoms with Crippen molar-refractivity contribution in [2.45, 2.75) is 24.0 Å². The van der Waals surface area contributed by atoms with E-state index in [1.807, 2.05) is 19.1 Å². The number of ether oxygens (including phenoxy) is 1. The fraction of sp³-hybridized carbons (Fsp3) is 0.381. The van der Waals surface area contributed by atoms with Crippen LogP contribution >= 0.6 is 11.8 Å². The monoisotopic (exact) mass is 482 g/mol. The molecule has 0 fully saturated rings. The van der Waals surface area contributed by atoms with E-state index in [4.69, 9.17) is 9.84 Å². The number of sulfone groups is 1. The van der Waals surface area contributed by atoms with E-state index in [0.29, 0.717) is 25.3 Å². The third kappa shape index (κ3) is 8.85. The Kier molecular flexibility index (Phi) is 9.95. The summed E-state index contributed by atoms with van der Waals surface area (Å²) in [6, 6.07) is 11.4. The number of carboxylic acid groups (broad SMARTS) is 1. The van der Waals surface area contributed by atoms with E-state index in [9.17, 15) is 23.3 Å².